The highest BCUT2D eigenvalue weighted by Crippen LogP contribution is 2.11. The molecule has 0 saturated carbocycles. The summed E-state index contributed by atoms with van der Waals surface area (Å²) in [6, 6.07) is 3.66. The van der Waals surface area contributed by atoms with Crippen molar-refractivity contribution in [2.45, 2.75) is 32.4 Å². The highest BCUT2D eigenvalue weighted by atomic mass is 16.4. The molecule has 100 valence electrons. The van der Waals surface area contributed by atoms with Crippen LogP contribution in [-0.4, -0.2) is 33.3 Å². The van der Waals surface area contributed by atoms with E-state index >= 15 is 0 Å². The first-order valence-corrected chi connectivity index (χ1v) is 5.78. The summed E-state index contributed by atoms with van der Waals surface area (Å²) in [6.07, 6.45) is 2.24. The Kier molecular flexibility index (Phi) is 5.06. The van der Waals surface area contributed by atoms with Crippen LogP contribution in [0.4, 0.5) is 0 Å². The lowest BCUT2D eigenvalue weighted by Gasteiger charge is -2.25. The number of hydrogen-bond donors (Lipinski definition) is 4. The summed E-state index contributed by atoms with van der Waals surface area (Å²) in [6.45, 7) is 4.66. The minimum absolute atomic E-state index is 0.00707. The number of aliphatic hydroxyl groups is 1. The molecule has 0 aliphatic heterocycles. The third kappa shape index (κ3) is 3.97. The van der Waals surface area contributed by atoms with E-state index in [9.17, 15) is 0 Å². The van der Waals surface area contributed by atoms with Gasteiger partial charge in [-0.3, -0.25) is 4.98 Å². The van der Waals surface area contributed by atoms with Crippen molar-refractivity contribution in [2.75, 3.05) is 6.61 Å². The molecule has 1 rings (SSSR count). The van der Waals surface area contributed by atoms with Crippen molar-refractivity contribution >= 4 is 5.84 Å². The zero-order valence-corrected chi connectivity index (χ0v) is 10.7. The number of aromatic nitrogens is 1. The normalized spacial score (nSPS) is 12.7. The first kappa shape index (κ1) is 14.4. The number of amidine groups is 1. The average molecular weight is 252 g/mol. The second-order valence-electron chi connectivity index (χ2n) is 4.71. The predicted octanol–water partition coefficient (Wildman–Crippen LogP) is 0.427. The topological polar surface area (TPSA) is 104 Å². The van der Waals surface area contributed by atoms with Gasteiger partial charge in [0, 0.05) is 24.9 Å². The van der Waals surface area contributed by atoms with Crippen molar-refractivity contribution in [3.8, 4) is 0 Å². The number of rotatable bonds is 6. The van der Waals surface area contributed by atoms with Crippen LogP contribution in [0.25, 0.3) is 0 Å². The fourth-order valence-corrected chi connectivity index (χ4v) is 1.56. The van der Waals surface area contributed by atoms with Crippen LogP contribution in [0.1, 0.15) is 31.5 Å². The summed E-state index contributed by atoms with van der Waals surface area (Å²) in [5.41, 5.74) is 6.69. The molecule has 6 nitrogen and oxygen atoms in total. The van der Waals surface area contributed by atoms with E-state index < -0.39 is 0 Å². The van der Waals surface area contributed by atoms with Gasteiger partial charge in [-0.05, 0) is 31.9 Å². The second kappa shape index (κ2) is 6.32. The third-order valence-corrected chi connectivity index (χ3v) is 2.74. The van der Waals surface area contributed by atoms with E-state index in [1.54, 1.807) is 12.3 Å². The van der Waals surface area contributed by atoms with Crippen LogP contribution in [0.3, 0.4) is 0 Å². The lowest BCUT2D eigenvalue weighted by atomic mass is 10.0. The van der Waals surface area contributed by atoms with Crippen LogP contribution in [0.15, 0.2) is 23.5 Å². The van der Waals surface area contributed by atoms with E-state index in [0.29, 0.717) is 18.7 Å². The standard InChI is InChI=1S/C12H20N4O2/c1-12(2,5-7-17)15-8-9-4-3-6-14-10(9)11(13)16-18/h3-4,6,15,17-18H,5,7-8H2,1-2H3,(H2,13,16). The lowest BCUT2D eigenvalue weighted by molar-refractivity contribution is 0.230. The molecule has 5 N–H and O–H groups in total. The summed E-state index contributed by atoms with van der Waals surface area (Å²) in [7, 11) is 0. The molecule has 6 heteroatoms. The Hall–Kier alpha value is -1.66. The van der Waals surface area contributed by atoms with Gasteiger partial charge in [0.25, 0.3) is 0 Å². The number of oxime groups is 1. The monoisotopic (exact) mass is 252 g/mol. The van der Waals surface area contributed by atoms with Gasteiger partial charge < -0.3 is 21.4 Å². The Morgan fingerprint density at radius 1 is 1.56 bits per heavy atom. The first-order valence-electron chi connectivity index (χ1n) is 5.78. The molecule has 0 saturated heterocycles. The van der Waals surface area contributed by atoms with Crippen molar-refractivity contribution < 1.29 is 10.3 Å². The van der Waals surface area contributed by atoms with E-state index in [0.717, 1.165) is 5.56 Å². The molecular formula is C12H20N4O2. The molecule has 1 aromatic heterocycles. The van der Waals surface area contributed by atoms with Crippen molar-refractivity contribution in [1.29, 1.82) is 0 Å². The van der Waals surface area contributed by atoms with Gasteiger partial charge >= 0.3 is 0 Å². The average Bonchev–Trinajstić information content (AvgIpc) is 2.36. The number of hydrogen-bond acceptors (Lipinski definition) is 5. The summed E-state index contributed by atoms with van der Waals surface area (Å²) in [5, 5.41) is 23.9. The highest BCUT2D eigenvalue weighted by molar-refractivity contribution is 5.96. The Morgan fingerprint density at radius 3 is 2.89 bits per heavy atom. The Morgan fingerprint density at radius 2 is 2.28 bits per heavy atom. The molecule has 0 aromatic carbocycles. The number of pyridine rings is 1. The van der Waals surface area contributed by atoms with Gasteiger partial charge in [-0.15, -0.1) is 0 Å². The Balaban J connectivity index is 2.79. The molecule has 18 heavy (non-hydrogen) atoms. The maximum atomic E-state index is 8.96. The molecule has 0 spiro atoms. The molecule has 0 fully saturated rings. The SMILES string of the molecule is CC(C)(CCO)NCc1cccnc1/C(N)=N/O. The van der Waals surface area contributed by atoms with E-state index in [2.05, 4.69) is 15.5 Å². The summed E-state index contributed by atoms with van der Waals surface area (Å²) in [5.74, 6) is -0.00707. The number of aliphatic hydroxyl groups excluding tert-OH is 1. The molecule has 0 unspecified atom stereocenters. The fourth-order valence-electron chi connectivity index (χ4n) is 1.56. The number of nitrogens with two attached hydrogens (primary N) is 1. The minimum Gasteiger partial charge on any atom is -0.409 e. The van der Waals surface area contributed by atoms with Crippen LogP contribution in [0, 0.1) is 0 Å². The zero-order valence-electron chi connectivity index (χ0n) is 10.7. The molecule has 0 amide bonds. The lowest BCUT2D eigenvalue weighted by Crippen LogP contribution is -2.40. The van der Waals surface area contributed by atoms with E-state index in [1.807, 2.05) is 19.9 Å². The quantitative estimate of drug-likeness (QED) is 0.254. The maximum absolute atomic E-state index is 8.96. The van der Waals surface area contributed by atoms with Crippen LogP contribution in [0.5, 0.6) is 0 Å². The van der Waals surface area contributed by atoms with Gasteiger partial charge in [-0.25, -0.2) is 0 Å². The summed E-state index contributed by atoms with van der Waals surface area (Å²) in [4.78, 5) is 4.09. The van der Waals surface area contributed by atoms with Crippen molar-refractivity contribution in [3.05, 3.63) is 29.6 Å². The molecule has 0 aliphatic carbocycles. The Bertz CT molecular complexity index is 418. The Labute approximate surface area is 107 Å². The van der Waals surface area contributed by atoms with E-state index in [4.69, 9.17) is 16.0 Å². The molecule has 1 heterocycles. The summed E-state index contributed by atoms with van der Waals surface area (Å²) < 4.78 is 0. The molecule has 0 radical (unpaired) electrons. The molecule has 0 bridgehead atoms. The van der Waals surface area contributed by atoms with Crippen LogP contribution in [-0.2, 0) is 6.54 Å². The molecular weight excluding hydrogens is 232 g/mol. The third-order valence-electron chi connectivity index (χ3n) is 2.74. The van der Waals surface area contributed by atoms with Gasteiger partial charge in [0.1, 0.15) is 5.69 Å². The fraction of sp³-hybridized carbons (Fsp3) is 0.500. The van der Waals surface area contributed by atoms with Gasteiger partial charge in [-0.1, -0.05) is 11.2 Å². The number of nitrogens with one attached hydrogen (secondary N) is 1. The summed E-state index contributed by atoms with van der Waals surface area (Å²) >= 11 is 0. The smallest absolute Gasteiger partial charge is 0.189 e. The van der Waals surface area contributed by atoms with Gasteiger partial charge in [0.15, 0.2) is 5.84 Å². The molecule has 1 aromatic rings. The first-order chi connectivity index (χ1) is 8.50. The van der Waals surface area contributed by atoms with Crippen LogP contribution >= 0.6 is 0 Å². The van der Waals surface area contributed by atoms with Crippen molar-refractivity contribution in [2.24, 2.45) is 10.9 Å². The van der Waals surface area contributed by atoms with E-state index in [-0.39, 0.29) is 18.0 Å². The highest BCUT2D eigenvalue weighted by Gasteiger charge is 2.17. The van der Waals surface area contributed by atoms with Gasteiger partial charge in [-0.2, -0.15) is 0 Å². The van der Waals surface area contributed by atoms with E-state index in [1.165, 1.54) is 0 Å². The molecule has 0 atom stereocenters. The maximum Gasteiger partial charge on any atom is 0.189 e. The number of nitrogens with zero attached hydrogens (tertiary/aromatic N) is 2. The molecule has 0 aliphatic rings. The second-order valence-corrected chi connectivity index (χ2v) is 4.71. The minimum atomic E-state index is -0.188. The van der Waals surface area contributed by atoms with Crippen LogP contribution in [0.2, 0.25) is 0 Å². The van der Waals surface area contributed by atoms with Gasteiger partial charge in [0.2, 0.25) is 0 Å². The predicted molar refractivity (Wildman–Crippen MR) is 69.4 cm³/mol. The van der Waals surface area contributed by atoms with Crippen LogP contribution < -0.4 is 11.1 Å². The zero-order chi connectivity index (χ0) is 13.6. The van der Waals surface area contributed by atoms with Crippen molar-refractivity contribution in [1.82, 2.24) is 10.3 Å². The van der Waals surface area contributed by atoms with Gasteiger partial charge in [0.05, 0.1) is 0 Å². The largest absolute Gasteiger partial charge is 0.409 e. The van der Waals surface area contributed by atoms with Crippen molar-refractivity contribution in [3.63, 3.8) is 0 Å².